The highest BCUT2D eigenvalue weighted by Gasteiger charge is 2.31. The van der Waals surface area contributed by atoms with Crippen LogP contribution in [0.3, 0.4) is 0 Å². The van der Waals surface area contributed by atoms with Gasteiger partial charge in [-0.2, -0.15) is 0 Å². The Morgan fingerprint density at radius 1 is 1.27 bits per heavy atom. The minimum atomic E-state index is -0.312. The summed E-state index contributed by atoms with van der Waals surface area (Å²) in [5.74, 6) is 0.474. The summed E-state index contributed by atoms with van der Waals surface area (Å²) in [4.78, 5) is 9.43. The molecule has 3 aliphatic heterocycles. The van der Waals surface area contributed by atoms with E-state index in [1.807, 2.05) is 0 Å². The van der Waals surface area contributed by atoms with Crippen molar-refractivity contribution in [2.45, 2.75) is 25.3 Å². The van der Waals surface area contributed by atoms with Crippen molar-refractivity contribution in [1.29, 1.82) is 0 Å². The molecule has 0 saturated carbocycles. The van der Waals surface area contributed by atoms with Crippen molar-refractivity contribution >= 4 is 17.6 Å². The number of rotatable bonds is 5. The smallest absolute Gasteiger partial charge is 0.191 e. The fourth-order valence-electron chi connectivity index (χ4n) is 3.79. The molecule has 0 spiro atoms. The summed E-state index contributed by atoms with van der Waals surface area (Å²) in [6, 6.07) is 5.12. The fourth-order valence-corrected chi connectivity index (χ4v) is 4.21. The first-order valence-electron chi connectivity index (χ1n) is 9.25. The second-order valence-electron chi connectivity index (χ2n) is 7.81. The van der Waals surface area contributed by atoms with Crippen molar-refractivity contribution in [2.75, 3.05) is 52.9 Å². The number of nitrogens with one attached hydrogen (secondary N) is 2. The molecule has 0 amide bonds. The predicted octanol–water partition coefficient (Wildman–Crippen LogP) is 1.92. The van der Waals surface area contributed by atoms with Crippen molar-refractivity contribution < 1.29 is 4.39 Å². The zero-order chi connectivity index (χ0) is 18.7. The molecule has 7 heteroatoms. The molecule has 1 aromatic carbocycles. The first-order chi connectivity index (χ1) is 12.4. The van der Waals surface area contributed by atoms with Gasteiger partial charge in [0.15, 0.2) is 5.96 Å². The Labute approximate surface area is 160 Å². The molecule has 1 unspecified atom stereocenters. The average Bonchev–Trinajstić information content (AvgIpc) is 2.62. The molecule has 0 radical (unpaired) electrons. The topological polar surface area (TPSA) is 42.9 Å². The third-order valence-electron chi connectivity index (χ3n) is 5.48. The fraction of sp³-hybridized carbons (Fsp3) is 0.632. The highest BCUT2D eigenvalue weighted by molar-refractivity contribution is 6.31. The largest absolute Gasteiger partial charge is 0.356 e. The summed E-state index contributed by atoms with van der Waals surface area (Å²) in [7, 11) is 1.78. The molecule has 3 fully saturated rings. The third-order valence-corrected chi connectivity index (χ3v) is 5.79. The molecule has 4 rings (SSSR count). The van der Waals surface area contributed by atoms with Crippen LogP contribution in [0.1, 0.15) is 19.4 Å². The quantitative estimate of drug-likeness (QED) is 0.604. The van der Waals surface area contributed by atoms with Gasteiger partial charge in [-0.05, 0) is 17.7 Å². The normalized spacial score (nSPS) is 26.0. The summed E-state index contributed by atoms with van der Waals surface area (Å²) in [6.07, 6.45) is 0. The number of nitrogens with zero attached hydrogens (tertiary/aromatic N) is 3. The molecule has 2 bridgehead atoms. The van der Waals surface area contributed by atoms with Gasteiger partial charge < -0.3 is 10.6 Å². The molecule has 3 heterocycles. The first-order valence-corrected chi connectivity index (χ1v) is 9.63. The summed E-state index contributed by atoms with van der Waals surface area (Å²) in [6.45, 7) is 11.5. The van der Waals surface area contributed by atoms with Crippen LogP contribution in [0.4, 0.5) is 4.39 Å². The van der Waals surface area contributed by atoms with E-state index in [4.69, 9.17) is 11.6 Å². The molecular formula is C19H29ClFN5. The molecule has 2 N–H and O–H groups in total. The molecule has 3 aliphatic rings. The van der Waals surface area contributed by atoms with E-state index in [2.05, 4.69) is 39.3 Å². The number of aliphatic imine (C=N–C) groups is 1. The number of benzene rings is 1. The summed E-state index contributed by atoms with van der Waals surface area (Å²) < 4.78 is 13.3. The molecule has 0 aliphatic carbocycles. The van der Waals surface area contributed by atoms with Crippen molar-refractivity contribution in [3.05, 3.63) is 34.6 Å². The second kappa shape index (κ2) is 8.11. The van der Waals surface area contributed by atoms with Crippen LogP contribution in [0, 0.1) is 5.82 Å². The average molecular weight is 382 g/mol. The number of guanidine groups is 1. The van der Waals surface area contributed by atoms with Gasteiger partial charge in [0.1, 0.15) is 5.82 Å². The number of hydrogen-bond donors (Lipinski definition) is 2. The van der Waals surface area contributed by atoms with Crippen LogP contribution in [0.5, 0.6) is 0 Å². The minimum Gasteiger partial charge on any atom is -0.356 e. The van der Waals surface area contributed by atoms with Crippen LogP contribution in [0.25, 0.3) is 0 Å². The minimum absolute atomic E-state index is 0.248. The Kier molecular flexibility index (Phi) is 6.05. The predicted molar refractivity (Wildman–Crippen MR) is 106 cm³/mol. The van der Waals surface area contributed by atoms with Crippen molar-refractivity contribution in [3.8, 4) is 0 Å². The lowest BCUT2D eigenvalue weighted by Gasteiger charge is -2.47. The van der Waals surface area contributed by atoms with Gasteiger partial charge in [-0.3, -0.25) is 14.8 Å². The number of fused-ring (bicyclic) bond motifs is 3. The second-order valence-corrected chi connectivity index (χ2v) is 8.21. The first kappa shape index (κ1) is 19.4. The van der Waals surface area contributed by atoms with Crippen molar-refractivity contribution in [1.82, 2.24) is 20.4 Å². The Morgan fingerprint density at radius 3 is 2.58 bits per heavy atom. The lowest BCUT2D eigenvalue weighted by molar-refractivity contribution is 0.0154. The van der Waals surface area contributed by atoms with Gasteiger partial charge in [-0.1, -0.05) is 31.5 Å². The SMILES string of the molecule is CN=C(NCC1CN2CCN1CC2)NCC(C)(C)c1ccc(F)cc1Cl. The van der Waals surface area contributed by atoms with Crippen LogP contribution in [0.2, 0.25) is 5.02 Å². The monoisotopic (exact) mass is 381 g/mol. The van der Waals surface area contributed by atoms with Crippen LogP contribution in [-0.4, -0.2) is 74.7 Å². The van der Waals surface area contributed by atoms with Crippen LogP contribution in [0.15, 0.2) is 23.2 Å². The molecule has 0 aromatic heterocycles. The maximum absolute atomic E-state index is 13.3. The molecule has 3 saturated heterocycles. The van der Waals surface area contributed by atoms with Gasteiger partial charge in [-0.25, -0.2) is 4.39 Å². The van der Waals surface area contributed by atoms with Gasteiger partial charge in [0.2, 0.25) is 0 Å². The van der Waals surface area contributed by atoms with E-state index < -0.39 is 0 Å². The lowest BCUT2D eigenvalue weighted by Crippen LogP contribution is -2.64. The molecular weight excluding hydrogens is 353 g/mol. The standard InChI is InChI=1S/C19H29ClFN5/c1-19(2,16-5-4-14(21)10-17(16)20)13-24-18(22-3)23-11-15-12-25-6-8-26(15)9-7-25/h4-5,10,15H,6-9,11-13H2,1-3H3,(H2,22,23,24). The highest BCUT2D eigenvalue weighted by Crippen LogP contribution is 2.29. The van der Waals surface area contributed by atoms with Crippen LogP contribution >= 0.6 is 11.6 Å². The Balaban J connectivity index is 1.53. The number of piperazine rings is 3. The van der Waals surface area contributed by atoms with E-state index >= 15 is 0 Å². The Bertz CT molecular complexity index is 655. The maximum atomic E-state index is 13.3. The Hall–Kier alpha value is -1.37. The summed E-state index contributed by atoms with van der Waals surface area (Å²) >= 11 is 6.24. The van der Waals surface area contributed by atoms with Gasteiger partial charge >= 0.3 is 0 Å². The van der Waals surface area contributed by atoms with Crippen molar-refractivity contribution in [3.63, 3.8) is 0 Å². The molecule has 1 aromatic rings. The lowest BCUT2D eigenvalue weighted by atomic mass is 9.84. The van der Waals surface area contributed by atoms with Gasteiger partial charge in [0, 0.05) is 69.3 Å². The molecule has 144 valence electrons. The Morgan fingerprint density at radius 2 is 2.00 bits per heavy atom. The van der Waals surface area contributed by atoms with Crippen LogP contribution in [-0.2, 0) is 5.41 Å². The maximum Gasteiger partial charge on any atom is 0.191 e. The summed E-state index contributed by atoms with van der Waals surface area (Å²) in [5.41, 5.74) is 0.675. The molecule has 26 heavy (non-hydrogen) atoms. The number of halogens is 2. The van der Waals surface area contributed by atoms with E-state index in [1.165, 1.54) is 25.2 Å². The van der Waals surface area contributed by atoms with E-state index in [1.54, 1.807) is 13.1 Å². The third kappa shape index (κ3) is 4.48. The molecule has 5 nitrogen and oxygen atoms in total. The van der Waals surface area contributed by atoms with Crippen molar-refractivity contribution in [2.24, 2.45) is 4.99 Å². The van der Waals surface area contributed by atoms with Gasteiger partial charge in [-0.15, -0.1) is 0 Å². The van der Waals surface area contributed by atoms with E-state index in [9.17, 15) is 4.39 Å². The van der Waals surface area contributed by atoms with E-state index in [-0.39, 0.29) is 11.2 Å². The summed E-state index contributed by atoms with van der Waals surface area (Å²) in [5, 5.41) is 7.30. The van der Waals surface area contributed by atoms with Gasteiger partial charge in [0.05, 0.1) is 0 Å². The van der Waals surface area contributed by atoms with Gasteiger partial charge in [0.25, 0.3) is 0 Å². The van der Waals surface area contributed by atoms with E-state index in [0.29, 0.717) is 17.6 Å². The zero-order valence-electron chi connectivity index (χ0n) is 15.9. The van der Waals surface area contributed by atoms with Crippen LogP contribution < -0.4 is 10.6 Å². The highest BCUT2D eigenvalue weighted by atomic mass is 35.5. The number of hydrogen-bond acceptors (Lipinski definition) is 3. The van der Waals surface area contributed by atoms with E-state index in [0.717, 1.165) is 37.7 Å². The molecule has 1 atom stereocenters. The zero-order valence-corrected chi connectivity index (χ0v) is 16.6.